The summed E-state index contributed by atoms with van der Waals surface area (Å²) in [6, 6.07) is 0.219. The van der Waals surface area contributed by atoms with Crippen molar-refractivity contribution in [3.63, 3.8) is 0 Å². The number of aliphatic hydroxyl groups excluding tert-OH is 4. The third-order valence-electron chi connectivity index (χ3n) is 6.48. The van der Waals surface area contributed by atoms with Crippen LogP contribution in [0.2, 0.25) is 0 Å². The van der Waals surface area contributed by atoms with E-state index in [0.29, 0.717) is 11.2 Å². The van der Waals surface area contributed by atoms with E-state index in [0.717, 1.165) is 32.6 Å². The molecule has 2 aliphatic rings. The highest BCUT2D eigenvalue weighted by molar-refractivity contribution is 7.53. The molecule has 5 atom stereocenters. The molecule has 1 saturated carbocycles. The van der Waals surface area contributed by atoms with E-state index in [9.17, 15) is 29.7 Å². The Bertz CT molecular complexity index is 1190. The number of ether oxygens (including phenoxy) is 2. The van der Waals surface area contributed by atoms with Crippen molar-refractivity contribution in [2.75, 3.05) is 25.1 Å². The van der Waals surface area contributed by atoms with Crippen LogP contribution in [0.3, 0.4) is 0 Å². The third-order valence-corrected chi connectivity index (χ3v) is 7.98. The molecule has 0 spiro atoms. The molecule has 0 amide bonds. The van der Waals surface area contributed by atoms with Gasteiger partial charge in [0.2, 0.25) is 5.82 Å². The lowest BCUT2D eigenvalue weighted by molar-refractivity contribution is -0.104. The molecule has 14 nitrogen and oxygen atoms in total. The van der Waals surface area contributed by atoms with Crippen LogP contribution in [0.5, 0.6) is 0 Å². The second kappa shape index (κ2) is 10.7. The first-order chi connectivity index (χ1) is 17.1. The van der Waals surface area contributed by atoms with E-state index in [-0.39, 0.29) is 24.1 Å². The Morgan fingerprint density at radius 2 is 1.97 bits per heavy atom. The molecule has 15 heteroatoms. The van der Waals surface area contributed by atoms with Gasteiger partial charge in [0.1, 0.15) is 30.7 Å². The smallest absolute Gasteiger partial charge is 0.359 e. The number of fused-ring (bicyclic) bond motifs is 1. The maximum absolute atomic E-state index is 11.7. The number of nitrogens with one attached hydrogen (secondary N) is 1. The van der Waals surface area contributed by atoms with Gasteiger partial charge < -0.3 is 45.0 Å². The van der Waals surface area contributed by atoms with Gasteiger partial charge in [0.25, 0.3) is 0 Å². The van der Waals surface area contributed by atoms with E-state index < -0.39 is 50.7 Å². The molecule has 1 unspecified atom stereocenters. The number of rotatable bonds is 8. The monoisotopic (exact) mass is 527 g/mol. The maximum Gasteiger partial charge on any atom is 0.359 e. The number of nitrogens with zero attached hydrogens (tertiary/aromatic N) is 4. The zero-order chi connectivity index (χ0) is 26.1. The third kappa shape index (κ3) is 5.26. The number of anilines is 1. The van der Waals surface area contributed by atoms with Crippen molar-refractivity contribution in [1.82, 2.24) is 19.7 Å². The zero-order valence-electron chi connectivity index (χ0n) is 19.6. The van der Waals surface area contributed by atoms with Crippen LogP contribution in [-0.4, -0.2) is 99.5 Å². The summed E-state index contributed by atoms with van der Waals surface area (Å²) in [6.45, 7) is -0.839. The number of hydrogen-bond acceptors (Lipinski definition) is 11. The molecule has 0 bridgehead atoms. The molecular formula is C21H30N5O9P. The first-order valence-electron chi connectivity index (χ1n) is 11.5. The Morgan fingerprint density at radius 1 is 1.25 bits per heavy atom. The molecule has 3 heterocycles. The van der Waals surface area contributed by atoms with Crippen molar-refractivity contribution < 1.29 is 44.3 Å². The average Bonchev–Trinajstić information content (AvgIpc) is 3.56. The second-order valence-electron chi connectivity index (χ2n) is 9.04. The van der Waals surface area contributed by atoms with Gasteiger partial charge in [-0.3, -0.25) is 4.57 Å². The van der Waals surface area contributed by atoms with Crippen LogP contribution < -0.4 is 5.32 Å². The lowest BCUT2D eigenvalue weighted by Crippen LogP contribution is -2.39. The summed E-state index contributed by atoms with van der Waals surface area (Å²) in [5.41, 5.74) is 0.265. The molecule has 1 saturated heterocycles. The molecule has 1 aliphatic heterocycles. The van der Waals surface area contributed by atoms with Crippen LogP contribution in [-0.2, 0) is 14.0 Å². The summed E-state index contributed by atoms with van der Waals surface area (Å²) in [5.74, 6) is 5.79. The predicted molar refractivity (Wildman–Crippen MR) is 125 cm³/mol. The number of hydrogen-bond donors (Lipinski definition) is 7. The van der Waals surface area contributed by atoms with E-state index >= 15 is 0 Å². The Labute approximate surface area is 206 Å². The number of aromatic nitrogens is 4. The predicted octanol–water partition coefficient (Wildman–Crippen LogP) is -0.953. The number of aliphatic hydroxyl groups is 4. The van der Waals surface area contributed by atoms with Gasteiger partial charge in [0.15, 0.2) is 17.2 Å². The summed E-state index contributed by atoms with van der Waals surface area (Å²) in [5, 5.41) is 45.7. The SMILES string of the molecule is CC(CO)(OC[C@@H]1O[C@H](n2ncc3c(NC4CCCC4)nc(C#CCO)nc32)[C@@H](O)[C@H]1O)P(=O)(O)O. The minimum absolute atomic E-state index is 0.118. The van der Waals surface area contributed by atoms with Crippen molar-refractivity contribution >= 4 is 24.4 Å². The van der Waals surface area contributed by atoms with Gasteiger partial charge in [-0.2, -0.15) is 5.10 Å². The zero-order valence-corrected chi connectivity index (χ0v) is 20.5. The normalized spacial score (nSPS) is 26.6. The molecule has 4 rings (SSSR count). The van der Waals surface area contributed by atoms with E-state index in [4.69, 9.17) is 14.6 Å². The molecule has 2 aromatic rings. The largest absolute Gasteiger partial charge is 0.393 e. The Morgan fingerprint density at radius 3 is 2.61 bits per heavy atom. The van der Waals surface area contributed by atoms with Crippen LogP contribution in [0.4, 0.5) is 5.82 Å². The van der Waals surface area contributed by atoms with Gasteiger partial charge >= 0.3 is 7.60 Å². The van der Waals surface area contributed by atoms with E-state index in [1.165, 1.54) is 10.9 Å². The Balaban J connectivity index is 1.62. The molecule has 7 N–H and O–H groups in total. The standard InChI is InChI=1S/C21H30N5O9P/c1-21(11-28,36(31,32)33)34-10-14-16(29)17(30)20(35-14)26-19-13(9-22-26)18(23-12-5-2-3-6-12)24-15(25-19)7-4-8-27/h9,12,14,16-17,20,27-30H,2-3,5-6,8,10-11H2,1H3,(H,23,24,25)(H2,31,32,33)/t14-,16-,17-,20-,21?/m0/s1. The van der Waals surface area contributed by atoms with Crippen LogP contribution in [0.15, 0.2) is 6.20 Å². The van der Waals surface area contributed by atoms with Crippen molar-refractivity contribution in [1.29, 1.82) is 0 Å². The van der Waals surface area contributed by atoms with Crippen molar-refractivity contribution in [3.05, 3.63) is 12.0 Å². The van der Waals surface area contributed by atoms with Gasteiger partial charge in [0, 0.05) is 6.04 Å². The molecule has 198 valence electrons. The summed E-state index contributed by atoms with van der Waals surface area (Å²) in [6.07, 6.45) is 0.299. The van der Waals surface area contributed by atoms with E-state index in [1.807, 2.05) is 0 Å². The van der Waals surface area contributed by atoms with Crippen LogP contribution >= 0.6 is 7.60 Å². The van der Waals surface area contributed by atoms with Crippen LogP contribution in [0, 0.1) is 11.8 Å². The summed E-state index contributed by atoms with van der Waals surface area (Å²) >= 11 is 0. The molecule has 0 aromatic carbocycles. The van der Waals surface area contributed by atoms with E-state index in [1.54, 1.807) is 0 Å². The highest BCUT2D eigenvalue weighted by Crippen LogP contribution is 2.51. The van der Waals surface area contributed by atoms with Gasteiger partial charge in [-0.1, -0.05) is 18.8 Å². The molecule has 2 aromatic heterocycles. The van der Waals surface area contributed by atoms with Crippen LogP contribution in [0.25, 0.3) is 11.0 Å². The maximum atomic E-state index is 11.7. The average molecular weight is 527 g/mol. The second-order valence-corrected chi connectivity index (χ2v) is 11.1. The first kappa shape index (κ1) is 26.9. The fourth-order valence-corrected chi connectivity index (χ4v) is 4.64. The lowest BCUT2D eigenvalue weighted by Gasteiger charge is -2.29. The van der Waals surface area contributed by atoms with Crippen molar-refractivity contribution in [2.45, 2.75) is 68.5 Å². The van der Waals surface area contributed by atoms with Gasteiger partial charge in [0.05, 0.1) is 24.8 Å². The topological polar surface area (TPSA) is 213 Å². The summed E-state index contributed by atoms with van der Waals surface area (Å²) < 4.78 is 24.0. The Hall–Kier alpha value is -2.18. The molecule has 2 fully saturated rings. The minimum atomic E-state index is -4.85. The highest BCUT2D eigenvalue weighted by atomic mass is 31.2. The molecule has 0 radical (unpaired) electrons. The fourth-order valence-electron chi connectivity index (χ4n) is 4.21. The van der Waals surface area contributed by atoms with Gasteiger partial charge in [-0.05, 0) is 25.7 Å². The molecular weight excluding hydrogens is 497 g/mol. The van der Waals surface area contributed by atoms with E-state index in [2.05, 4.69) is 32.2 Å². The minimum Gasteiger partial charge on any atom is -0.393 e. The summed E-state index contributed by atoms with van der Waals surface area (Å²) in [7, 11) is -4.85. The lowest BCUT2D eigenvalue weighted by atomic mass is 10.1. The molecule has 36 heavy (non-hydrogen) atoms. The van der Waals surface area contributed by atoms with Crippen molar-refractivity contribution in [3.8, 4) is 11.8 Å². The van der Waals surface area contributed by atoms with Gasteiger partial charge in [-0.25, -0.2) is 14.6 Å². The molecule has 1 aliphatic carbocycles. The van der Waals surface area contributed by atoms with Gasteiger partial charge in [-0.15, -0.1) is 0 Å². The Kier molecular flexibility index (Phi) is 7.96. The highest BCUT2D eigenvalue weighted by Gasteiger charge is 2.48. The van der Waals surface area contributed by atoms with Crippen LogP contribution in [0.1, 0.15) is 44.7 Å². The quantitative estimate of drug-likeness (QED) is 0.163. The fraction of sp³-hybridized carbons (Fsp3) is 0.667. The first-order valence-corrected chi connectivity index (χ1v) is 13.1. The summed E-state index contributed by atoms with van der Waals surface area (Å²) in [4.78, 5) is 27.8. The van der Waals surface area contributed by atoms with Crippen molar-refractivity contribution in [2.24, 2.45) is 0 Å².